The Morgan fingerprint density at radius 1 is 1.45 bits per heavy atom. The second-order valence-corrected chi connectivity index (χ2v) is 5.42. The lowest BCUT2D eigenvalue weighted by Gasteiger charge is -2.14. The molecular weight excluding hydrogens is 276 g/mol. The van der Waals surface area contributed by atoms with Crippen LogP contribution in [-0.4, -0.2) is 28.2 Å². The van der Waals surface area contributed by atoms with Gasteiger partial charge >= 0.3 is 0 Å². The van der Waals surface area contributed by atoms with E-state index in [1.54, 1.807) is 0 Å². The molecule has 0 saturated carbocycles. The molecule has 2 rings (SSSR count). The second kappa shape index (κ2) is 6.77. The van der Waals surface area contributed by atoms with Crippen LogP contribution in [0.25, 0.3) is 10.9 Å². The van der Waals surface area contributed by atoms with Crippen molar-refractivity contribution in [1.82, 2.24) is 9.88 Å². The fraction of sp³-hybridized carbons (Fsp3) is 0.400. The van der Waals surface area contributed by atoms with Gasteiger partial charge in [0.25, 0.3) is 0 Å². The summed E-state index contributed by atoms with van der Waals surface area (Å²) in [5, 5.41) is 13.4. The summed E-state index contributed by atoms with van der Waals surface area (Å²) < 4.78 is 1.88. The number of hydrogen-bond acceptors (Lipinski definition) is 2. The fourth-order valence-corrected chi connectivity index (χ4v) is 2.41. The molecule has 2 N–H and O–H groups in total. The third-order valence-corrected chi connectivity index (χ3v) is 3.49. The monoisotopic (exact) mass is 294 g/mol. The minimum Gasteiger partial charge on any atom is -0.396 e. The van der Waals surface area contributed by atoms with Gasteiger partial charge in [-0.1, -0.05) is 17.7 Å². The van der Waals surface area contributed by atoms with Crippen LogP contribution in [0, 0.1) is 0 Å². The molecule has 1 heterocycles. The minimum atomic E-state index is -0.0343. The smallest absolute Gasteiger partial charge is 0.240 e. The highest BCUT2D eigenvalue weighted by atomic mass is 35.5. The van der Waals surface area contributed by atoms with Crippen molar-refractivity contribution in [2.75, 3.05) is 6.61 Å². The summed E-state index contributed by atoms with van der Waals surface area (Å²) in [4.78, 5) is 12.0. The van der Waals surface area contributed by atoms with Crippen molar-refractivity contribution in [2.24, 2.45) is 0 Å². The first-order valence-electron chi connectivity index (χ1n) is 6.75. The number of fused-ring (bicyclic) bond motifs is 1. The van der Waals surface area contributed by atoms with E-state index in [9.17, 15) is 4.79 Å². The van der Waals surface area contributed by atoms with Crippen LogP contribution in [0.15, 0.2) is 30.5 Å². The van der Waals surface area contributed by atoms with E-state index in [1.165, 1.54) is 0 Å². The van der Waals surface area contributed by atoms with Crippen molar-refractivity contribution in [3.63, 3.8) is 0 Å². The molecule has 0 aliphatic heterocycles. The number of carbonyl (C=O) groups is 1. The average molecular weight is 295 g/mol. The number of aliphatic hydroxyl groups is 1. The molecule has 0 saturated heterocycles. The predicted molar refractivity (Wildman–Crippen MR) is 80.9 cm³/mol. The molecule has 5 heteroatoms. The topological polar surface area (TPSA) is 54.3 Å². The second-order valence-electron chi connectivity index (χ2n) is 4.98. The van der Waals surface area contributed by atoms with Crippen LogP contribution in [0.2, 0.25) is 5.02 Å². The first kappa shape index (κ1) is 14.9. The quantitative estimate of drug-likeness (QED) is 0.860. The zero-order valence-corrected chi connectivity index (χ0v) is 12.2. The molecule has 0 radical (unpaired) electrons. The number of nitrogens with zero attached hydrogens (tertiary/aromatic N) is 1. The predicted octanol–water partition coefficient (Wildman–Crippen LogP) is 2.57. The molecule has 108 valence electrons. The number of halogens is 1. The summed E-state index contributed by atoms with van der Waals surface area (Å²) >= 11 is 5.99. The van der Waals surface area contributed by atoms with E-state index in [2.05, 4.69) is 5.32 Å². The van der Waals surface area contributed by atoms with Crippen LogP contribution < -0.4 is 5.32 Å². The Labute approximate surface area is 123 Å². The summed E-state index contributed by atoms with van der Waals surface area (Å²) in [6.45, 7) is 2.37. The highest BCUT2D eigenvalue weighted by molar-refractivity contribution is 6.31. The van der Waals surface area contributed by atoms with Crippen LogP contribution in [0.1, 0.15) is 19.8 Å². The van der Waals surface area contributed by atoms with Crippen molar-refractivity contribution >= 4 is 28.4 Å². The molecule has 4 nitrogen and oxygen atoms in total. The highest BCUT2D eigenvalue weighted by Gasteiger charge is 2.09. The molecule has 1 aromatic heterocycles. The number of hydrogen-bond donors (Lipinski definition) is 2. The lowest BCUT2D eigenvalue weighted by molar-refractivity contribution is -0.122. The van der Waals surface area contributed by atoms with Gasteiger partial charge in [0.2, 0.25) is 5.91 Å². The zero-order chi connectivity index (χ0) is 14.5. The third-order valence-electron chi connectivity index (χ3n) is 3.25. The minimum absolute atomic E-state index is 0.0343. The number of rotatable bonds is 6. The molecule has 1 amide bonds. The lowest BCUT2D eigenvalue weighted by atomic mass is 10.2. The van der Waals surface area contributed by atoms with Gasteiger partial charge in [0, 0.05) is 29.4 Å². The van der Waals surface area contributed by atoms with E-state index in [-0.39, 0.29) is 25.1 Å². The van der Waals surface area contributed by atoms with Crippen molar-refractivity contribution < 1.29 is 9.90 Å². The maximum atomic E-state index is 12.0. The fourth-order valence-electron chi connectivity index (χ4n) is 2.24. The van der Waals surface area contributed by atoms with Crippen LogP contribution in [-0.2, 0) is 11.3 Å². The number of carbonyl (C=O) groups excluding carboxylic acids is 1. The standard InChI is InChI=1S/C15H19ClN2O2/c1-11(3-2-8-19)17-15(20)10-18-7-6-12-4-5-13(16)9-14(12)18/h4-7,9,11,19H,2-3,8,10H2,1H3,(H,17,20). The maximum Gasteiger partial charge on any atom is 0.240 e. The molecule has 2 aromatic rings. The molecule has 1 unspecified atom stereocenters. The molecule has 20 heavy (non-hydrogen) atoms. The Balaban J connectivity index is 2.01. The van der Waals surface area contributed by atoms with Crippen LogP contribution in [0.5, 0.6) is 0 Å². The van der Waals surface area contributed by atoms with Gasteiger partial charge in [0.15, 0.2) is 0 Å². The maximum absolute atomic E-state index is 12.0. The highest BCUT2D eigenvalue weighted by Crippen LogP contribution is 2.20. The summed E-state index contributed by atoms with van der Waals surface area (Å²) in [5.41, 5.74) is 0.954. The Morgan fingerprint density at radius 2 is 2.25 bits per heavy atom. The van der Waals surface area contributed by atoms with Crippen molar-refractivity contribution in [2.45, 2.75) is 32.4 Å². The molecule has 1 aromatic carbocycles. The Kier molecular flexibility index (Phi) is 5.04. The van der Waals surface area contributed by atoms with Crippen molar-refractivity contribution in [3.8, 4) is 0 Å². The normalized spacial score (nSPS) is 12.6. The van der Waals surface area contributed by atoms with E-state index in [0.29, 0.717) is 11.4 Å². The zero-order valence-electron chi connectivity index (χ0n) is 11.5. The van der Waals surface area contributed by atoms with Gasteiger partial charge < -0.3 is 15.0 Å². The lowest BCUT2D eigenvalue weighted by Crippen LogP contribution is -2.35. The third kappa shape index (κ3) is 3.74. The van der Waals surface area contributed by atoms with Gasteiger partial charge in [-0.3, -0.25) is 4.79 Å². The first-order chi connectivity index (χ1) is 9.60. The molecule has 1 atom stereocenters. The molecule has 0 bridgehead atoms. The average Bonchev–Trinajstić information content (AvgIpc) is 2.79. The largest absolute Gasteiger partial charge is 0.396 e. The summed E-state index contributed by atoms with van der Waals surface area (Å²) in [6, 6.07) is 7.68. The summed E-state index contributed by atoms with van der Waals surface area (Å²) in [7, 11) is 0. The summed E-state index contributed by atoms with van der Waals surface area (Å²) in [5.74, 6) is -0.0343. The Morgan fingerprint density at radius 3 is 3.00 bits per heavy atom. The molecule has 0 fully saturated rings. The number of amides is 1. The number of nitrogens with one attached hydrogen (secondary N) is 1. The van der Waals surface area contributed by atoms with Crippen LogP contribution >= 0.6 is 11.6 Å². The van der Waals surface area contributed by atoms with E-state index < -0.39 is 0 Å². The van der Waals surface area contributed by atoms with Gasteiger partial charge in [0.1, 0.15) is 6.54 Å². The Bertz CT molecular complexity index is 595. The number of aliphatic hydroxyl groups excluding tert-OH is 1. The van der Waals surface area contributed by atoms with Gasteiger partial charge in [0.05, 0.1) is 0 Å². The first-order valence-corrected chi connectivity index (χ1v) is 7.12. The summed E-state index contributed by atoms with van der Waals surface area (Å²) in [6.07, 6.45) is 3.36. The van der Waals surface area contributed by atoms with E-state index in [1.807, 2.05) is 42.0 Å². The van der Waals surface area contributed by atoms with Gasteiger partial charge in [-0.2, -0.15) is 0 Å². The van der Waals surface area contributed by atoms with Crippen molar-refractivity contribution in [3.05, 3.63) is 35.5 Å². The van der Waals surface area contributed by atoms with Gasteiger partial charge in [-0.05, 0) is 43.4 Å². The van der Waals surface area contributed by atoms with Crippen LogP contribution in [0.4, 0.5) is 0 Å². The van der Waals surface area contributed by atoms with E-state index in [4.69, 9.17) is 16.7 Å². The molecule has 0 aliphatic carbocycles. The van der Waals surface area contributed by atoms with Gasteiger partial charge in [-0.25, -0.2) is 0 Å². The Hall–Kier alpha value is -1.52. The number of benzene rings is 1. The van der Waals surface area contributed by atoms with E-state index in [0.717, 1.165) is 17.3 Å². The van der Waals surface area contributed by atoms with E-state index >= 15 is 0 Å². The SMILES string of the molecule is CC(CCCO)NC(=O)Cn1ccc2ccc(Cl)cc21. The van der Waals surface area contributed by atoms with Crippen LogP contribution in [0.3, 0.4) is 0 Å². The van der Waals surface area contributed by atoms with Crippen molar-refractivity contribution in [1.29, 1.82) is 0 Å². The number of aromatic nitrogens is 1. The molecule has 0 spiro atoms. The molecule has 0 aliphatic rings. The molecular formula is C15H19ClN2O2. The van der Waals surface area contributed by atoms with Gasteiger partial charge in [-0.15, -0.1) is 0 Å².